The number of allylic oxidation sites excluding steroid dienone is 1. The first-order valence-electron chi connectivity index (χ1n) is 14.5. The molecule has 4 fully saturated rings. The van der Waals surface area contributed by atoms with E-state index in [4.69, 9.17) is 14.2 Å². The highest BCUT2D eigenvalue weighted by molar-refractivity contribution is 5.93. The fraction of sp³-hybridized carbons (Fsp3) is 0.767. The van der Waals surface area contributed by atoms with Crippen LogP contribution in [0.3, 0.4) is 0 Å². The van der Waals surface area contributed by atoms with Gasteiger partial charge in [0.1, 0.15) is 5.76 Å². The van der Waals surface area contributed by atoms with Crippen LogP contribution in [0.1, 0.15) is 90.9 Å². The first-order valence-corrected chi connectivity index (χ1v) is 14.5. The Balaban J connectivity index is 1.23. The molecule has 36 heavy (non-hydrogen) atoms. The van der Waals surface area contributed by atoms with Crippen LogP contribution in [0.15, 0.2) is 34.7 Å². The van der Waals surface area contributed by atoms with Crippen LogP contribution in [-0.4, -0.2) is 47.8 Å². The average Bonchev–Trinajstić information content (AvgIpc) is 3.61. The van der Waals surface area contributed by atoms with Crippen LogP contribution in [0.4, 0.5) is 0 Å². The molecule has 0 amide bonds. The molecule has 6 rings (SSSR count). The zero-order valence-electron chi connectivity index (χ0n) is 22.3. The van der Waals surface area contributed by atoms with Gasteiger partial charge in [-0.25, -0.2) is 4.79 Å². The molecule has 6 heteroatoms. The van der Waals surface area contributed by atoms with Gasteiger partial charge >= 0.3 is 5.97 Å². The number of rotatable bonds is 4. The molecule has 6 aliphatic rings. The van der Waals surface area contributed by atoms with E-state index in [1.807, 2.05) is 0 Å². The number of carbonyl (C=O) groups excluding carboxylic acids is 1. The number of carbonyl (C=O) groups is 1. The molecular formula is C30H43NO5. The van der Waals surface area contributed by atoms with Crippen LogP contribution in [0.2, 0.25) is 0 Å². The van der Waals surface area contributed by atoms with E-state index in [0.717, 1.165) is 44.4 Å². The number of esters is 1. The molecule has 4 aliphatic heterocycles. The summed E-state index contributed by atoms with van der Waals surface area (Å²) in [4.78, 5) is 14.9. The Kier molecular flexibility index (Phi) is 6.48. The molecule has 2 saturated heterocycles. The smallest absolute Gasteiger partial charge is 0.343 e. The average molecular weight is 498 g/mol. The maximum absolute atomic E-state index is 12.3. The van der Waals surface area contributed by atoms with Gasteiger partial charge in [-0.1, -0.05) is 32.6 Å². The number of methoxy groups -OCH3 is 1. The monoisotopic (exact) mass is 497 g/mol. The van der Waals surface area contributed by atoms with E-state index in [9.17, 15) is 9.90 Å². The van der Waals surface area contributed by atoms with E-state index >= 15 is 0 Å². The molecule has 0 aromatic rings. The maximum Gasteiger partial charge on any atom is 0.343 e. The molecule has 198 valence electrons. The van der Waals surface area contributed by atoms with Crippen molar-refractivity contribution in [2.24, 2.45) is 23.2 Å². The summed E-state index contributed by atoms with van der Waals surface area (Å²) in [5.74, 6) is 3.27. The molecular weight excluding hydrogens is 454 g/mol. The quantitative estimate of drug-likeness (QED) is 0.512. The number of hydrogen-bond acceptors (Lipinski definition) is 6. The summed E-state index contributed by atoms with van der Waals surface area (Å²) in [6, 6.07) is 0.554. The Bertz CT molecular complexity index is 984. The number of aliphatic hydroxyl groups excluding tert-OH is 1. The van der Waals surface area contributed by atoms with Crippen molar-refractivity contribution in [1.29, 1.82) is 0 Å². The Hall–Kier alpha value is -1.79. The van der Waals surface area contributed by atoms with Crippen molar-refractivity contribution in [2.75, 3.05) is 13.7 Å². The third kappa shape index (κ3) is 3.86. The topological polar surface area (TPSA) is 68.2 Å². The van der Waals surface area contributed by atoms with E-state index in [-0.39, 0.29) is 30.0 Å². The van der Waals surface area contributed by atoms with Gasteiger partial charge in [0, 0.05) is 30.5 Å². The van der Waals surface area contributed by atoms with Crippen molar-refractivity contribution in [2.45, 2.75) is 109 Å². The minimum atomic E-state index is -0.361. The van der Waals surface area contributed by atoms with Crippen LogP contribution < -0.4 is 0 Å². The summed E-state index contributed by atoms with van der Waals surface area (Å²) in [6.07, 6.45) is 16.7. The van der Waals surface area contributed by atoms with Crippen LogP contribution >= 0.6 is 0 Å². The van der Waals surface area contributed by atoms with E-state index in [1.54, 1.807) is 14.0 Å². The van der Waals surface area contributed by atoms with Crippen LogP contribution in [0.5, 0.6) is 0 Å². The fourth-order valence-electron chi connectivity index (χ4n) is 8.90. The van der Waals surface area contributed by atoms with Crippen LogP contribution in [0, 0.1) is 23.2 Å². The second-order valence-corrected chi connectivity index (χ2v) is 12.3. The van der Waals surface area contributed by atoms with Crippen molar-refractivity contribution in [1.82, 2.24) is 4.90 Å². The van der Waals surface area contributed by atoms with Crippen LogP contribution in [0.25, 0.3) is 0 Å². The number of aliphatic hydroxyl groups is 1. The van der Waals surface area contributed by atoms with Crippen molar-refractivity contribution in [3.8, 4) is 0 Å². The van der Waals surface area contributed by atoms with Gasteiger partial charge in [-0.05, 0) is 75.7 Å². The van der Waals surface area contributed by atoms with Crippen molar-refractivity contribution in [3.05, 3.63) is 34.7 Å². The molecule has 0 bridgehead atoms. The second-order valence-electron chi connectivity index (χ2n) is 12.3. The Morgan fingerprint density at radius 1 is 1.14 bits per heavy atom. The van der Waals surface area contributed by atoms with Gasteiger partial charge in [-0.15, -0.1) is 0 Å². The van der Waals surface area contributed by atoms with Crippen molar-refractivity contribution in [3.63, 3.8) is 0 Å². The molecule has 0 aromatic carbocycles. The molecule has 6 nitrogen and oxygen atoms in total. The standard InChI is InChI=1S/C30H43NO5/c1-18-25-22-11-6-10-21(23(32)17-20-9-7-15-30(20)13-4-5-14-30)31(22)16-8-12-24(25)35-27(18)28-26(34-3)19(2)29(33)36-28/h12,18,20-23,25,32H,4-11,13-17H2,1-3H3/t18-,20+,21-,22-,23-,25+/m0/s1. The van der Waals surface area contributed by atoms with Gasteiger partial charge in [0.2, 0.25) is 5.76 Å². The number of cyclic esters (lactones) is 1. The molecule has 4 heterocycles. The predicted molar refractivity (Wildman–Crippen MR) is 136 cm³/mol. The first-order chi connectivity index (χ1) is 17.4. The van der Waals surface area contributed by atoms with E-state index in [1.165, 1.54) is 44.9 Å². The lowest BCUT2D eigenvalue weighted by atomic mass is 9.72. The highest BCUT2D eigenvalue weighted by Crippen LogP contribution is 2.56. The number of fused-ring (bicyclic) bond motifs is 3. The van der Waals surface area contributed by atoms with Gasteiger partial charge in [0.25, 0.3) is 0 Å². The Morgan fingerprint density at radius 2 is 1.92 bits per heavy atom. The Morgan fingerprint density at radius 3 is 2.69 bits per heavy atom. The lowest BCUT2D eigenvalue weighted by Gasteiger charge is -2.47. The van der Waals surface area contributed by atoms with Crippen molar-refractivity contribution < 1.29 is 24.1 Å². The minimum Gasteiger partial charge on any atom is -0.492 e. The van der Waals surface area contributed by atoms with Gasteiger partial charge in [0.05, 0.1) is 18.8 Å². The molecule has 2 saturated carbocycles. The van der Waals surface area contributed by atoms with E-state index in [0.29, 0.717) is 40.2 Å². The lowest BCUT2D eigenvalue weighted by molar-refractivity contribution is -0.133. The lowest BCUT2D eigenvalue weighted by Crippen LogP contribution is -2.55. The highest BCUT2D eigenvalue weighted by Gasteiger charge is 2.51. The van der Waals surface area contributed by atoms with Gasteiger partial charge < -0.3 is 19.3 Å². The summed E-state index contributed by atoms with van der Waals surface area (Å²) >= 11 is 0. The molecule has 1 spiro atoms. The number of ether oxygens (including phenoxy) is 3. The SMILES string of the molecule is COC1=C(C)C(=O)OC1=C1OC2=CCCN3[C@@H](CCC[C@H]3[C@@H](O)C[C@H]3CCCC34CCCC4)[C@H]2[C@@H]1C. The summed E-state index contributed by atoms with van der Waals surface area (Å²) in [5, 5.41) is 11.7. The zero-order valence-corrected chi connectivity index (χ0v) is 22.3. The third-order valence-corrected chi connectivity index (χ3v) is 10.6. The molecule has 6 atom stereocenters. The third-order valence-electron chi connectivity index (χ3n) is 10.6. The fourth-order valence-corrected chi connectivity index (χ4v) is 8.90. The summed E-state index contributed by atoms with van der Waals surface area (Å²) in [5.41, 5.74) is 1.02. The first kappa shape index (κ1) is 24.5. The summed E-state index contributed by atoms with van der Waals surface area (Å²) < 4.78 is 17.6. The second kappa shape index (κ2) is 9.50. The van der Waals surface area contributed by atoms with Crippen molar-refractivity contribution >= 4 is 5.97 Å². The minimum absolute atomic E-state index is 0.0770. The molecule has 1 N–H and O–H groups in total. The largest absolute Gasteiger partial charge is 0.492 e. The molecule has 2 aliphatic carbocycles. The number of hydrogen-bond donors (Lipinski definition) is 1. The molecule has 0 unspecified atom stereocenters. The van der Waals surface area contributed by atoms with Gasteiger partial charge in [0.15, 0.2) is 11.5 Å². The molecule has 0 aromatic heterocycles. The van der Waals surface area contributed by atoms with Crippen LogP contribution in [-0.2, 0) is 19.0 Å². The maximum atomic E-state index is 12.3. The predicted octanol–water partition coefficient (Wildman–Crippen LogP) is 5.58. The zero-order chi connectivity index (χ0) is 25.0. The van der Waals surface area contributed by atoms with E-state index in [2.05, 4.69) is 17.9 Å². The van der Waals surface area contributed by atoms with Gasteiger partial charge in [-0.2, -0.15) is 0 Å². The van der Waals surface area contributed by atoms with E-state index < -0.39 is 0 Å². The summed E-state index contributed by atoms with van der Waals surface area (Å²) in [6.45, 7) is 4.90. The van der Waals surface area contributed by atoms with Gasteiger partial charge in [-0.3, -0.25) is 4.90 Å². The highest BCUT2D eigenvalue weighted by atomic mass is 16.6. The number of piperidine rings is 1. The Labute approximate surface area is 215 Å². The summed E-state index contributed by atoms with van der Waals surface area (Å²) in [7, 11) is 1.58. The molecule has 0 radical (unpaired) electrons. The normalized spacial score (nSPS) is 38.9. The number of nitrogens with zero attached hydrogens (tertiary/aromatic N) is 1.